The highest BCUT2D eigenvalue weighted by molar-refractivity contribution is 5.97. The zero-order valence-electron chi connectivity index (χ0n) is 12.0. The van der Waals surface area contributed by atoms with Gasteiger partial charge < -0.3 is 5.11 Å². The first kappa shape index (κ1) is 17.4. The molecule has 0 rings (SSSR count). The number of carbonyl (C=O) groups excluding carboxylic acids is 1. The summed E-state index contributed by atoms with van der Waals surface area (Å²) in [5, 5.41) is 9.08. The second-order valence-electron chi connectivity index (χ2n) is 4.44. The van der Waals surface area contributed by atoms with Crippen LogP contribution in [0.3, 0.4) is 0 Å². The molecule has 0 heterocycles. The molecule has 4 nitrogen and oxygen atoms in total. The second-order valence-corrected chi connectivity index (χ2v) is 4.44. The molecule has 0 bridgehead atoms. The molecular formula is C15H25NO3. The van der Waals surface area contributed by atoms with Crippen molar-refractivity contribution in [2.75, 3.05) is 6.54 Å². The van der Waals surface area contributed by atoms with Crippen LogP contribution in [0.4, 0.5) is 4.79 Å². The van der Waals surface area contributed by atoms with Crippen LogP contribution in [0.5, 0.6) is 0 Å². The number of carboxylic acid groups (broad SMARTS) is 1. The predicted octanol–water partition coefficient (Wildman–Crippen LogP) is 3.99. The van der Waals surface area contributed by atoms with Gasteiger partial charge in [-0.05, 0) is 13.3 Å². The molecule has 1 N–H and O–H groups in total. The third-order valence-corrected chi connectivity index (χ3v) is 2.90. The summed E-state index contributed by atoms with van der Waals surface area (Å²) >= 11 is 0. The van der Waals surface area contributed by atoms with E-state index < -0.39 is 6.09 Å². The first-order valence-corrected chi connectivity index (χ1v) is 6.89. The summed E-state index contributed by atoms with van der Waals surface area (Å²) in [5.74, 6) is -0.108. The topological polar surface area (TPSA) is 57.6 Å². The van der Waals surface area contributed by atoms with E-state index in [1.165, 1.54) is 18.9 Å². The van der Waals surface area contributed by atoms with Gasteiger partial charge >= 0.3 is 6.09 Å². The summed E-state index contributed by atoms with van der Waals surface area (Å²) in [6.45, 7) is 7.47. The van der Waals surface area contributed by atoms with Crippen molar-refractivity contribution in [1.29, 1.82) is 0 Å². The summed E-state index contributed by atoms with van der Waals surface area (Å²) < 4.78 is 0. The summed E-state index contributed by atoms with van der Waals surface area (Å²) in [6, 6.07) is 0. The molecule has 0 spiro atoms. The van der Waals surface area contributed by atoms with E-state index in [2.05, 4.69) is 13.5 Å². The van der Waals surface area contributed by atoms with Crippen LogP contribution in [0.1, 0.15) is 52.4 Å². The predicted molar refractivity (Wildman–Crippen MR) is 77.1 cm³/mol. The number of nitrogens with zero attached hydrogens (tertiary/aromatic N) is 1. The number of Topliss-reactive ketones (excluding diaryl/α,β-unsaturated/α-hetero) is 1. The minimum Gasteiger partial charge on any atom is -0.465 e. The largest absolute Gasteiger partial charge is 0.465 e. The van der Waals surface area contributed by atoms with E-state index in [0.29, 0.717) is 6.42 Å². The second kappa shape index (κ2) is 10.4. The van der Waals surface area contributed by atoms with Crippen LogP contribution >= 0.6 is 0 Å². The molecule has 19 heavy (non-hydrogen) atoms. The highest BCUT2D eigenvalue weighted by Gasteiger charge is 2.20. The van der Waals surface area contributed by atoms with Crippen molar-refractivity contribution in [2.24, 2.45) is 0 Å². The Morgan fingerprint density at radius 3 is 2.32 bits per heavy atom. The Hall–Kier alpha value is -1.58. The van der Waals surface area contributed by atoms with Crippen molar-refractivity contribution in [3.05, 3.63) is 24.4 Å². The van der Waals surface area contributed by atoms with Crippen LogP contribution in [0.2, 0.25) is 0 Å². The van der Waals surface area contributed by atoms with Gasteiger partial charge in [0.1, 0.15) is 0 Å². The quantitative estimate of drug-likeness (QED) is 0.370. The highest BCUT2D eigenvalue weighted by atomic mass is 16.4. The first-order valence-electron chi connectivity index (χ1n) is 6.89. The Balaban J connectivity index is 4.38. The molecule has 1 amide bonds. The molecule has 108 valence electrons. The van der Waals surface area contributed by atoms with Crippen LogP contribution in [0.25, 0.3) is 0 Å². The Labute approximate surface area is 115 Å². The lowest BCUT2D eigenvalue weighted by Crippen LogP contribution is -2.32. The fourth-order valence-electron chi connectivity index (χ4n) is 1.89. The molecular weight excluding hydrogens is 242 g/mol. The molecule has 0 saturated carbocycles. The van der Waals surface area contributed by atoms with Gasteiger partial charge in [0.2, 0.25) is 0 Å². The molecule has 0 atom stereocenters. The van der Waals surface area contributed by atoms with Crippen LogP contribution < -0.4 is 0 Å². The maximum Gasteiger partial charge on any atom is 0.412 e. The van der Waals surface area contributed by atoms with Gasteiger partial charge in [-0.3, -0.25) is 9.69 Å². The molecule has 0 aromatic rings. The number of carbonyl (C=O) groups is 2. The zero-order valence-corrected chi connectivity index (χ0v) is 12.0. The van der Waals surface area contributed by atoms with Gasteiger partial charge in [-0.2, -0.15) is 0 Å². The summed E-state index contributed by atoms with van der Waals surface area (Å²) in [6.07, 6.45) is 7.64. The van der Waals surface area contributed by atoms with Gasteiger partial charge in [0.25, 0.3) is 0 Å². The number of amides is 1. The van der Waals surface area contributed by atoms with E-state index in [1.54, 1.807) is 13.0 Å². The molecule has 0 aromatic heterocycles. The molecule has 4 heteroatoms. The molecule has 0 saturated heterocycles. The number of rotatable bonds is 10. The van der Waals surface area contributed by atoms with Gasteiger partial charge in [-0.15, -0.1) is 6.58 Å². The monoisotopic (exact) mass is 267 g/mol. The first-order chi connectivity index (χ1) is 9.08. The minimum absolute atomic E-state index is 0.108. The van der Waals surface area contributed by atoms with Crippen LogP contribution in [0, 0.1) is 0 Å². The van der Waals surface area contributed by atoms with Crippen LogP contribution in [-0.4, -0.2) is 28.4 Å². The number of unbranched alkanes of at least 4 members (excludes halogenated alkanes) is 4. The molecule has 0 aromatic carbocycles. The van der Waals surface area contributed by atoms with E-state index in [9.17, 15) is 9.59 Å². The van der Waals surface area contributed by atoms with Crippen molar-refractivity contribution in [2.45, 2.75) is 52.4 Å². The summed E-state index contributed by atoms with van der Waals surface area (Å²) in [5.41, 5.74) is 0.253. The van der Waals surface area contributed by atoms with E-state index >= 15 is 0 Å². The number of ketones is 1. The van der Waals surface area contributed by atoms with Crippen molar-refractivity contribution in [3.8, 4) is 0 Å². The standard InChI is InChI=1S/C15H25NO3/c1-4-7-8-9-10-11-14(17)13(6-3)16(12-5-2)15(18)19/h5-6H,2,4,7-12H2,1,3H3,(H,18,19)/b13-6-. The maximum absolute atomic E-state index is 12.0. The third-order valence-electron chi connectivity index (χ3n) is 2.90. The normalized spacial score (nSPS) is 11.2. The van der Waals surface area contributed by atoms with Gasteiger partial charge in [0.05, 0.1) is 5.70 Å². The van der Waals surface area contributed by atoms with Crippen molar-refractivity contribution >= 4 is 11.9 Å². The molecule has 0 aliphatic rings. The van der Waals surface area contributed by atoms with Crippen molar-refractivity contribution in [1.82, 2.24) is 4.90 Å². The van der Waals surface area contributed by atoms with Gasteiger partial charge in [0, 0.05) is 13.0 Å². The van der Waals surface area contributed by atoms with E-state index in [0.717, 1.165) is 24.2 Å². The van der Waals surface area contributed by atoms with Gasteiger partial charge in [-0.25, -0.2) is 4.79 Å². The Kier molecular flexibility index (Phi) is 9.49. The number of hydrogen-bond acceptors (Lipinski definition) is 2. The van der Waals surface area contributed by atoms with Crippen molar-refractivity contribution in [3.63, 3.8) is 0 Å². The Bertz CT molecular complexity index is 334. The lowest BCUT2D eigenvalue weighted by molar-refractivity contribution is -0.117. The SMILES string of the molecule is C=CCN(C(=O)O)/C(=C\C)C(=O)CCCCCCC. The molecule has 0 unspecified atom stereocenters. The Morgan fingerprint density at radius 2 is 1.84 bits per heavy atom. The number of hydrogen-bond donors (Lipinski definition) is 1. The molecule has 0 radical (unpaired) electrons. The highest BCUT2D eigenvalue weighted by Crippen LogP contribution is 2.13. The van der Waals surface area contributed by atoms with Crippen LogP contribution in [-0.2, 0) is 4.79 Å². The molecule has 0 fully saturated rings. The van der Waals surface area contributed by atoms with Gasteiger partial charge in [-0.1, -0.05) is 44.8 Å². The van der Waals surface area contributed by atoms with Crippen LogP contribution in [0.15, 0.2) is 24.4 Å². The van der Waals surface area contributed by atoms with Crippen molar-refractivity contribution < 1.29 is 14.7 Å². The lowest BCUT2D eigenvalue weighted by atomic mass is 10.1. The summed E-state index contributed by atoms with van der Waals surface area (Å²) in [4.78, 5) is 24.2. The molecule has 0 aliphatic carbocycles. The average molecular weight is 267 g/mol. The average Bonchev–Trinajstić information content (AvgIpc) is 2.38. The summed E-state index contributed by atoms with van der Waals surface area (Å²) in [7, 11) is 0. The third kappa shape index (κ3) is 6.79. The maximum atomic E-state index is 12.0. The lowest BCUT2D eigenvalue weighted by Gasteiger charge is -2.19. The fourth-order valence-corrected chi connectivity index (χ4v) is 1.89. The minimum atomic E-state index is -1.12. The van der Waals surface area contributed by atoms with E-state index in [-0.39, 0.29) is 18.0 Å². The number of allylic oxidation sites excluding steroid dienone is 2. The molecule has 0 aliphatic heterocycles. The Morgan fingerprint density at radius 1 is 1.21 bits per heavy atom. The van der Waals surface area contributed by atoms with E-state index in [4.69, 9.17) is 5.11 Å². The smallest absolute Gasteiger partial charge is 0.412 e. The van der Waals surface area contributed by atoms with Gasteiger partial charge in [0.15, 0.2) is 5.78 Å². The fraction of sp³-hybridized carbons (Fsp3) is 0.600. The van der Waals surface area contributed by atoms with E-state index in [1.807, 2.05) is 0 Å². The zero-order chi connectivity index (χ0) is 14.7.